The molecule has 0 aromatic carbocycles. The number of amides is 2. The molecule has 2 amide bonds. The van der Waals surface area contributed by atoms with Crippen molar-refractivity contribution >= 4 is 40.6 Å². The number of anilines is 3. The van der Waals surface area contributed by atoms with E-state index in [2.05, 4.69) is 25.6 Å². The van der Waals surface area contributed by atoms with Crippen LogP contribution in [0.3, 0.4) is 0 Å². The van der Waals surface area contributed by atoms with Crippen LogP contribution in [0, 0.1) is 26.7 Å². The zero-order valence-electron chi connectivity index (χ0n) is 18.8. The van der Waals surface area contributed by atoms with Crippen molar-refractivity contribution in [3.8, 4) is 0 Å². The molecule has 10 heteroatoms. The van der Waals surface area contributed by atoms with Crippen molar-refractivity contribution in [2.75, 3.05) is 35.7 Å². The second-order valence-corrected chi connectivity index (χ2v) is 10.1. The first-order valence-electron chi connectivity index (χ1n) is 10.5. The molecular weight excluding hydrogens is 414 g/mol. The Balaban J connectivity index is 1.40. The molecule has 2 aliphatic rings. The molecule has 4 heterocycles. The van der Waals surface area contributed by atoms with E-state index in [0.29, 0.717) is 31.1 Å². The summed E-state index contributed by atoms with van der Waals surface area (Å²) in [5.41, 5.74) is 2.26. The van der Waals surface area contributed by atoms with E-state index in [1.54, 1.807) is 11.3 Å². The van der Waals surface area contributed by atoms with Gasteiger partial charge in [0.05, 0.1) is 28.9 Å². The monoisotopic (exact) mass is 443 g/mol. The van der Waals surface area contributed by atoms with Crippen molar-refractivity contribution in [1.82, 2.24) is 19.9 Å². The highest BCUT2D eigenvalue weighted by molar-refractivity contribution is 7.11. The number of hydrogen-bond donors (Lipinski definition) is 2. The summed E-state index contributed by atoms with van der Waals surface area (Å²) in [6, 6.07) is -0.173. The van der Waals surface area contributed by atoms with E-state index >= 15 is 0 Å². The van der Waals surface area contributed by atoms with Crippen LogP contribution >= 0.6 is 11.3 Å². The van der Waals surface area contributed by atoms with Crippen LogP contribution in [0.1, 0.15) is 35.1 Å². The molecule has 4 rings (SSSR count). The minimum absolute atomic E-state index is 0.0314. The minimum atomic E-state index is -0.274. The highest BCUT2D eigenvalue weighted by Gasteiger charge is 2.36. The van der Waals surface area contributed by atoms with Gasteiger partial charge in [-0.05, 0) is 26.7 Å². The number of carbonyl (C=O) groups excluding carboxylic acids is 2. The van der Waals surface area contributed by atoms with Crippen molar-refractivity contribution in [3.05, 3.63) is 21.3 Å². The van der Waals surface area contributed by atoms with Gasteiger partial charge < -0.3 is 20.4 Å². The average molecular weight is 444 g/mol. The Morgan fingerprint density at radius 2 is 1.94 bits per heavy atom. The number of likely N-dealkylation sites (tertiary alicyclic amines) is 1. The third kappa shape index (κ3) is 4.08. The average Bonchev–Trinajstić information content (AvgIpc) is 2.95. The van der Waals surface area contributed by atoms with Gasteiger partial charge in [-0.25, -0.2) is 9.97 Å². The molecule has 166 valence electrons. The number of likely N-dealkylation sites (N-methyl/N-ethyl adjacent to an activating group) is 1. The Kier molecular flexibility index (Phi) is 5.59. The van der Waals surface area contributed by atoms with E-state index in [1.165, 1.54) is 0 Å². The second-order valence-electron chi connectivity index (χ2n) is 8.67. The van der Waals surface area contributed by atoms with Crippen LogP contribution in [0.4, 0.5) is 17.5 Å². The Labute approximate surface area is 186 Å². The Morgan fingerprint density at radius 1 is 1.23 bits per heavy atom. The molecule has 0 radical (unpaired) electrons. The Hall–Kier alpha value is -2.75. The molecule has 2 aliphatic heterocycles. The van der Waals surface area contributed by atoms with Crippen LogP contribution in [-0.2, 0) is 16.0 Å². The van der Waals surface area contributed by atoms with Crippen LogP contribution in [0.5, 0.6) is 0 Å². The Bertz CT molecular complexity index is 1030. The number of nitrogens with zero attached hydrogens (tertiary/aromatic N) is 5. The molecule has 2 N–H and O–H groups in total. The first-order valence-corrected chi connectivity index (χ1v) is 11.3. The van der Waals surface area contributed by atoms with Crippen molar-refractivity contribution in [3.63, 3.8) is 0 Å². The molecule has 1 fully saturated rings. The highest BCUT2D eigenvalue weighted by Crippen LogP contribution is 2.34. The molecule has 2 aromatic rings. The summed E-state index contributed by atoms with van der Waals surface area (Å²) in [4.78, 5) is 43.5. The highest BCUT2D eigenvalue weighted by atomic mass is 32.1. The van der Waals surface area contributed by atoms with Crippen molar-refractivity contribution in [2.24, 2.45) is 5.92 Å². The van der Waals surface area contributed by atoms with E-state index < -0.39 is 0 Å². The molecule has 0 bridgehead atoms. The zero-order chi connectivity index (χ0) is 22.4. The lowest BCUT2D eigenvalue weighted by molar-refractivity contribution is -0.134. The normalized spacial score (nSPS) is 18.7. The number of thiazole rings is 1. The van der Waals surface area contributed by atoms with Gasteiger partial charge in [-0.3, -0.25) is 9.59 Å². The standard InChI is InChI=1S/C21H29N7O2S/c1-10(2)18-20(30)25-17-11(3)22-21(26-19(17)27(18)6)24-14-8-28(9-14)16(29)7-15-12(4)31-13(5)23-15/h10,14,18H,7-9H2,1-6H3,(H,25,30)(H,22,24,26). The molecule has 1 atom stereocenters. The minimum Gasteiger partial charge on any atom is -0.348 e. The second kappa shape index (κ2) is 8.07. The molecule has 0 aliphatic carbocycles. The summed E-state index contributed by atoms with van der Waals surface area (Å²) in [5.74, 6) is 1.45. The van der Waals surface area contributed by atoms with Crippen LogP contribution in [-0.4, -0.2) is 63.9 Å². The third-order valence-corrected chi connectivity index (χ3v) is 6.78. The van der Waals surface area contributed by atoms with E-state index in [-0.39, 0.29) is 29.8 Å². The number of aryl methyl sites for hydroxylation is 3. The molecule has 31 heavy (non-hydrogen) atoms. The number of carbonyl (C=O) groups is 2. The number of fused-ring (bicyclic) bond motifs is 1. The topological polar surface area (TPSA) is 103 Å². The lowest BCUT2D eigenvalue weighted by Gasteiger charge is -2.40. The zero-order valence-corrected chi connectivity index (χ0v) is 19.6. The van der Waals surface area contributed by atoms with Gasteiger partial charge in [0.15, 0.2) is 5.82 Å². The molecule has 1 saturated heterocycles. The maximum atomic E-state index is 12.6. The largest absolute Gasteiger partial charge is 0.348 e. The first-order chi connectivity index (χ1) is 14.6. The molecule has 0 spiro atoms. The predicted molar refractivity (Wildman–Crippen MR) is 122 cm³/mol. The van der Waals surface area contributed by atoms with Crippen LogP contribution in [0.15, 0.2) is 0 Å². The smallest absolute Gasteiger partial charge is 0.247 e. The number of rotatable bonds is 5. The SMILES string of the molecule is Cc1nc(CC(=O)N2CC(Nc3nc(C)c4c(n3)N(C)C(C(C)C)C(=O)N4)C2)c(C)s1. The molecule has 2 aromatic heterocycles. The molecule has 1 unspecified atom stereocenters. The lowest BCUT2D eigenvalue weighted by Crippen LogP contribution is -2.57. The van der Waals surface area contributed by atoms with Crippen LogP contribution < -0.4 is 15.5 Å². The quantitative estimate of drug-likeness (QED) is 0.730. The van der Waals surface area contributed by atoms with Gasteiger partial charge in [0.1, 0.15) is 11.7 Å². The molecule has 9 nitrogen and oxygen atoms in total. The van der Waals surface area contributed by atoms with E-state index in [4.69, 9.17) is 0 Å². The van der Waals surface area contributed by atoms with E-state index in [9.17, 15) is 9.59 Å². The van der Waals surface area contributed by atoms with Gasteiger partial charge >= 0.3 is 0 Å². The van der Waals surface area contributed by atoms with Gasteiger partial charge in [0.2, 0.25) is 17.8 Å². The van der Waals surface area contributed by atoms with Gasteiger partial charge in [0.25, 0.3) is 0 Å². The number of nitrogens with one attached hydrogen (secondary N) is 2. The van der Waals surface area contributed by atoms with Crippen molar-refractivity contribution in [1.29, 1.82) is 0 Å². The van der Waals surface area contributed by atoms with Crippen LogP contribution in [0.2, 0.25) is 0 Å². The van der Waals surface area contributed by atoms with Gasteiger partial charge in [-0.2, -0.15) is 4.98 Å². The maximum Gasteiger partial charge on any atom is 0.247 e. The Morgan fingerprint density at radius 3 is 2.55 bits per heavy atom. The van der Waals surface area contributed by atoms with E-state index in [1.807, 2.05) is 51.5 Å². The summed E-state index contributed by atoms with van der Waals surface area (Å²) in [5, 5.41) is 7.29. The van der Waals surface area contributed by atoms with Gasteiger partial charge in [-0.1, -0.05) is 13.8 Å². The molecule has 0 saturated carbocycles. The fraction of sp³-hybridized carbons (Fsp3) is 0.571. The third-order valence-electron chi connectivity index (χ3n) is 5.86. The number of aromatic nitrogens is 3. The maximum absolute atomic E-state index is 12.6. The predicted octanol–water partition coefficient (Wildman–Crippen LogP) is 2.14. The van der Waals surface area contributed by atoms with E-state index in [0.717, 1.165) is 27.1 Å². The van der Waals surface area contributed by atoms with Gasteiger partial charge in [-0.15, -0.1) is 11.3 Å². The summed E-state index contributed by atoms with van der Waals surface area (Å²) in [7, 11) is 1.89. The molecular formula is C21H29N7O2S. The summed E-state index contributed by atoms with van der Waals surface area (Å²) >= 11 is 1.62. The summed E-state index contributed by atoms with van der Waals surface area (Å²) in [6.07, 6.45) is 0.346. The summed E-state index contributed by atoms with van der Waals surface area (Å²) < 4.78 is 0. The lowest BCUT2D eigenvalue weighted by atomic mass is 9.99. The first kappa shape index (κ1) is 21.5. The fourth-order valence-corrected chi connectivity index (χ4v) is 5.06. The summed E-state index contributed by atoms with van der Waals surface area (Å²) in [6.45, 7) is 11.1. The fourth-order valence-electron chi connectivity index (χ4n) is 4.23. The van der Waals surface area contributed by atoms with Crippen molar-refractivity contribution in [2.45, 2.75) is 53.1 Å². The van der Waals surface area contributed by atoms with Gasteiger partial charge in [0, 0.05) is 25.0 Å². The van der Waals surface area contributed by atoms with Crippen molar-refractivity contribution < 1.29 is 9.59 Å². The number of hydrogen-bond acceptors (Lipinski definition) is 8. The van der Waals surface area contributed by atoms with Crippen LogP contribution in [0.25, 0.3) is 0 Å².